The molecule has 2 rings (SSSR count). The first-order valence-electron chi connectivity index (χ1n) is 4.05. The molecule has 0 nitrogen and oxygen atoms in total. The number of hydrogen-bond donors (Lipinski definition) is 0. The molecule has 2 aromatic rings. The van der Waals surface area contributed by atoms with Crippen LogP contribution >= 0.6 is 22.9 Å². The van der Waals surface area contributed by atoms with Gasteiger partial charge in [-0.3, -0.25) is 0 Å². The predicted octanol–water partition coefficient (Wildman–Crippen LogP) is 4.80. The average molecular weight is 233 g/mol. The molecule has 14 heavy (non-hydrogen) atoms. The Bertz CT molecular complexity index is 476. The molecule has 0 atom stereocenters. The predicted molar refractivity (Wildman–Crippen MR) is 56.5 cm³/mol. The van der Waals surface area contributed by atoms with Gasteiger partial charge >= 0.3 is 0 Å². The van der Waals surface area contributed by atoms with Crippen molar-refractivity contribution in [3.63, 3.8) is 0 Å². The highest BCUT2D eigenvalue weighted by Gasteiger charge is 2.11. The molecule has 4 heteroatoms. The molecule has 0 aliphatic carbocycles. The Hall–Kier alpha value is -0.670. The summed E-state index contributed by atoms with van der Waals surface area (Å²) >= 11 is 7.15. The van der Waals surface area contributed by atoms with E-state index in [-0.39, 0.29) is 5.56 Å². The Morgan fingerprint density at radius 3 is 2.64 bits per heavy atom. The summed E-state index contributed by atoms with van der Waals surface area (Å²) in [5, 5.41) is 0.962. The minimum atomic E-state index is -2.42. The highest BCUT2D eigenvalue weighted by molar-refractivity contribution is 7.22. The largest absolute Gasteiger partial charge is 0.263 e. The van der Waals surface area contributed by atoms with E-state index in [1.54, 1.807) is 0 Å². The van der Waals surface area contributed by atoms with E-state index in [0.29, 0.717) is 4.34 Å². The van der Waals surface area contributed by atoms with Gasteiger partial charge in [-0.2, -0.15) is 0 Å². The number of fused-ring (bicyclic) bond motifs is 1. The van der Waals surface area contributed by atoms with Crippen molar-refractivity contribution in [3.05, 3.63) is 33.7 Å². The summed E-state index contributed by atoms with van der Waals surface area (Å²) in [5.74, 6) is 0. The number of aryl methyl sites for hydroxylation is 1. The lowest BCUT2D eigenvalue weighted by Crippen LogP contribution is -1.84. The molecule has 0 N–H and O–H groups in total. The third kappa shape index (κ3) is 1.62. The minimum Gasteiger partial charge on any atom is -0.205 e. The van der Waals surface area contributed by atoms with Crippen LogP contribution in [0.3, 0.4) is 0 Å². The van der Waals surface area contributed by atoms with Crippen molar-refractivity contribution in [2.75, 3.05) is 0 Å². The first kappa shape index (κ1) is 9.87. The molecule has 1 heterocycles. The van der Waals surface area contributed by atoms with Crippen LogP contribution in [0, 0.1) is 6.92 Å². The monoisotopic (exact) mass is 232 g/mol. The fraction of sp³-hybridized carbons (Fsp3) is 0.200. The highest BCUT2D eigenvalue weighted by Crippen LogP contribution is 2.34. The van der Waals surface area contributed by atoms with Gasteiger partial charge in [0, 0.05) is 10.3 Å². The van der Waals surface area contributed by atoms with Gasteiger partial charge in [-0.15, -0.1) is 11.3 Å². The number of alkyl halides is 2. The minimum absolute atomic E-state index is 0.0634. The molecule has 0 bridgehead atoms. The van der Waals surface area contributed by atoms with Crippen LogP contribution in [0.2, 0.25) is 4.34 Å². The Morgan fingerprint density at radius 1 is 1.29 bits per heavy atom. The van der Waals surface area contributed by atoms with Crippen LogP contribution < -0.4 is 0 Å². The average Bonchev–Trinajstić information content (AvgIpc) is 2.45. The summed E-state index contributed by atoms with van der Waals surface area (Å²) in [6.45, 7) is 1.82. The van der Waals surface area contributed by atoms with E-state index < -0.39 is 6.43 Å². The molecule has 0 aliphatic rings. The molecular weight excluding hydrogens is 226 g/mol. The summed E-state index contributed by atoms with van der Waals surface area (Å²) in [6.07, 6.45) is -2.42. The van der Waals surface area contributed by atoms with E-state index in [0.717, 1.165) is 15.6 Å². The lowest BCUT2D eigenvalue weighted by Gasteiger charge is -2.02. The standard InChI is InChI=1S/C10H7ClF2S/c1-5-2-6(10(12)13)3-8-7(5)4-9(11)14-8/h2-4,10H,1H3. The number of halogens is 3. The van der Waals surface area contributed by atoms with E-state index in [9.17, 15) is 8.78 Å². The number of rotatable bonds is 1. The highest BCUT2D eigenvalue weighted by atomic mass is 35.5. The van der Waals surface area contributed by atoms with Crippen LogP contribution in [-0.4, -0.2) is 0 Å². The van der Waals surface area contributed by atoms with Crippen molar-refractivity contribution in [3.8, 4) is 0 Å². The van der Waals surface area contributed by atoms with Crippen molar-refractivity contribution in [1.82, 2.24) is 0 Å². The molecule has 0 radical (unpaired) electrons. The van der Waals surface area contributed by atoms with Gasteiger partial charge < -0.3 is 0 Å². The molecule has 0 aliphatic heterocycles. The quantitative estimate of drug-likeness (QED) is 0.663. The molecule has 74 valence electrons. The van der Waals surface area contributed by atoms with E-state index in [1.807, 2.05) is 13.0 Å². The van der Waals surface area contributed by atoms with Crippen LogP contribution in [0.15, 0.2) is 18.2 Å². The molecule has 0 saturated heterocycles. The van der Waals surface area contributed by atoms with Gasteiger partial charge in [-0.05, 0) is 36.1 Å². The molecule has 0 unspecified atom stereocenters. The van der Waals surface area contributed by atoms with Crippen LogP contribution in [0.25, 0.3) is 10.1 Å². The topological polar surface area (TPSA) is 0 Å². The van der Waals surface area contributed by atoms with Gasteiger partial charge in [0.2, 0.25) is 0 Å². The Kier molecular flexibility index (Phi) is 2.45. The van der Waals surface area contributed by atoms with E-state index >= 15 is 0 Å². The maximum atomic E-state index is 12.5. The number of thiophene rings is 1. The summed E-state index contributed by atoms with van der Waals surface area (Å²) in [7, 11) is 0. The number of hydrogen-bond acceptors (Lipinski definition) is 1. The molecule has 1 aromatic carbocycles. The fourth-order valence-electron chi connectivity index (χ4n) is 1.44. The smallest absolute Gasteiger partial charge is 0.205 e. The summed E-state index contributed by atoms with van der Waals surface area (Å²) in [6, 6.07) is 4.83. The third-order valence-electron chi connectivity index (χ3n) is 2.09. The summed E-state index contributed by atoms with van der Waals surface area (Å²) in [5.41, 5.74) is 0.912. The van der Waals surface area contributed by atoms with Crippen molar-refractivity contribution >= 4 is 33.0 Å². The van der Waals surface area contributed by atoms with E-state index in [4.69, 9.17) is 11.6 Å². The second-order valence-corrected chi connectivity index (χ2v) is 4.82. The van der Waals surface area contributed by atoms with Gasteiger partial charge in [0.15, 0.2) is 0 Å². The Morgan fingerprint density at radius 2 is 2.00 bits per heavy atom. The third-order valence-corrected chi connectivity index (χ3v) is 3.30. The van der Waals surface area contributed by atoms with Gasteiger partial charge in [0.1, 0.15) is 0 Å². The van der Waals surface area contributed by atoms with Crippen molar-refractivity contribution in [1.29, 1.82) is 0 Å². The fourth-order valence-corrected chi connectivity index (χ4v) is 2.71. The van der Waals surface area contributed by atoms with Gasteiger partial charge in [0.05, 0.1) is 4.34 Å². The molecular formula is C10H7ClF2S. The molecule has 1 aromatic heterocycles. The first-order chi connectivity index (χ1) is 6.58. The van der Waals surface area contributed by atoms with E-state index in [2.05, 4.69) is 0 Å². The van der Waals surface area contributed by atoms with Crippen LogP contribution in [0.1, 0.15) is 17.6 Å². The SMILES string of the molecule is Cc1cc(C(F)F)cc2sc(Cl)cc12. The van der Waals surface area contributed by atoms with Gasteiger partial charge in [-0.1, -0.05) is 11.6 Å². The zero-order valence-corrected chi connectivity index (χ0v) is 8.92. The second-order valence-electron chi connectivity index (χ2n) is 3.10. The Labute approximate surface area is 89.1 Å². The second kappa shape index (κ2) is 3.48. The van der Waals surface area contributed by atoms with Crippen molar-refractivity contribution in [2.45, 2.75) is 13.3 Å². The van der Waals surface area contributed by atoms with Crippen molar-refractivity contribution < 1.29 is 8.78 Å². The molecule has 0 fully saturated rings. The van der Waals surface area contributed by atoms with Crippen LogP contribution in [0.4, 0.5) is 8.78 Å². The lowest BCUT2D eigenvalue weighted by atomic mass is 10.1. The molecule has 0 spiro atoms. The zero-order valence-electron chi connectivity index (χ0n) is 7.35. The molecule has 0 amide bonds. The molecule has 0 saturated carbocycles. The van der Waals surface area contributed by atoms with Gasteiger partial charge in [0.25, 0.3) is 6.43 Å². The maximum Gasteiger partial charge on any atom is 0.263 e. The van der Waals surface area contributed by atoms with E-state index in [1.165, 1.54) is 23.5 Å². The first-order valence-corrected chi connectivity index (χ1v) is 5.25. The van der Waals surface area contributed by atoms with Gasteiger partial charge in [-0.25, -0.2) is 8.78 Å². The maximum absolute atomic E-state index is 12.5. The van der Waals surface area contributed by atoms with Crippen molar-refractivity contribution in [2.24, 2.45) is 0 Å². The zero-order chi connectivity index (χ0) is 10.3. The normalized spacial score (nSPS) is 11.5. The number of benzene rings is 1. The van der Waals surface area contributed by atoms with Crippen LogP contribution in [0.5, 0.6) is 0 Å². The Balaban J connectivity index is 2.71. The summed E-state index contributed by atoms with van der Waals surface area (Å²) < 4.78 is 26.4. The summed E-state index contributed by atoms with van der Waals surface area (Å²) in [4.78, 5) is 0. The lowest BCUT2D eigenvalue weighted by molar-refractivity contribution is 0.151. The van der Waals surface area contributed by atoms with Crippen LogP contribution in [-0.2, 0) is 0 Å².